The number of hydrogen-bond donors (Lipinski definition) is 3. The molecular formula is C22H34FN5O. The first-order chi connectivity index (χ1) is 13.9. The van der Waals surface area contributed by atoms with Gasteiger partial charge in [0, 0.05) is 32.1 Å². The highest BCUT2D eigenvalue weighted by molar-refractivity contribution is 5.79. The number of aliphatic hydroxyl groups excluding tert-OH is 1. The standard InChI is InChI=1S/C22H34FN5O/c1-5-24-22(27-15-19(8-11-29)12-16(2)3)26-14-18-6-7-21(20(23)13-18)28-10-9-25-17(28)4/h6-7,9-10,13,16,19,29H,5,8,11-12,14-15H2,1-4H3,(H2,24,26,27). The van der Waals surface area contributed by atoms with E-state index in [2.05, 4.69) is 34.5 Å². The second-order valence-corrected chi connectivity index (χ2v) is 7.71. The number of nitrogens with one attached hydrogen (secondary N) is 2. The Balaban J connectivity index is 2.03. The Hall–Kier alpha value is -2.41. The SMILES string of the molecule is CCNC(=NCc1ccc(-n2ccnc2C)c(F)c1)NCC(CCO)CC(C)C. The highest BCUT2D eigenvalue weighted by atomic mass is 19.1. The number of hydrogen-bond acceptors (Lipinski definition) is 3. The summed E-state index contributed by atoms with van der Waals surface area (Å²) in [5.41, 5.74) is 1.29. The van der Waals surface area contributed by atoms with E-state index in [-0.39, 0.29) is 12.4 Å². The number of halogens is 1. The minimum Gasteiger partial charge on any atom is -0.396 e. The zero-order valence-corrected chi connectivity index (χ0v) is 18.0. The molecule has 160 valence electrons. The molecule has 0 amide bonds. The molecular weight excluding hydrogens is 369 g/mol. The van der Waals surface area contributed by atoms with Crippen molar-refractivity contribution in [3.8, 4) is 5.69 Å². The van der Waals surface area contributed by atoms with Gasteiger partial charge in [-0.25, -0.2) is 14.4 Å². The van der Waals surface area contributed by atoms with Gasteiger partial charge in [0.05, 0.1) is 12.2 Å². The van der Waals surface area contributed by atoms with Gasteiger partial charge in [-0.2, -0.15) is 0 Å². The second-order valence-electron chi connectivity index (χ2n) is 7.71. The van der Waals surface area contributed by atoms with Crippen molar-refractivity contribution in [2.45, 2.75) is 47.1 Å². The van der Waals surface area contributed by atoms with Gasteiger partial charge in [-0.1, -0.05) is 19.9 Å². The Labute approximate surface area is 173 Å². The molecule has 0 aliphatic rings. The molecule has 1 aromatic heterocycles. The van der Waals surface area contributed by atoms with Crippen LogP contribution >= 0.6 is 0 Å². The molecule has 0 radical (unpaired) electrons. The van der Waals surface area contributed by atoms with Crippen molar-refractivity contribution >= 4 is 5.96 Å². The van der Waals surface area contributed by atoms with Crippen LogP contribution in [0.3, 0.4) is 0 Å². The number of aliphatic imine (C=N–C) groups is 1. The van der Waals surface area contributed by atoms with Gasteiger partial charge in [0.25, 0.3) is 0 Å². The first-order valence-corrected chi connectivity index (χ1v) is 10.4. The van der Waals surface area contributed by atoms with Gasteiger partial charge in [0.15, 0.2) is 5.96 Å². The summed E-state index contributed by atoms with van der Waals surface area (Å²) in [6.45, 7) is 10.3. The molecule has 0 saturated carbocycles. The summed E-state index contributed by atoms with van der Waals surface area (Å²) >= 11 is 0. The summed E-state index contributed by atoms with van der Waals surface area (Å²) in [5.74, 6) is 2.12. The van der Waals surface area contributed by atoms with E-state index in [0.29, 0.717) is 30.0 Å². The topological polar surface area (TPSA) is 74.5 Å². The molecule has 1 unspecified atom stereocenters. The van der Waals surface area contributed by atoms with Gasteiger partial charge < -0.3 is 20.3 Å². The van der Waals surface area contributed by atoms with Crippen LogP contribution in [-0.4, -0.2) is 40.3 Å². The molecule has 1 heterocycles. The van der Waals surface area contributed by atoms with E-state index < -0.39 is 0 Å². The molecule has 0 spiro atoms. The summed E-state index contributed by atoms with van der Waals surface area (Å²) in [4.78, 5) is 8.74. The number of guanidine groups is 1. The molecule has 1 atom stereocenters. The number of aromatic nitrogens is 2. The number of benzene rings is 1. The molecule has 29 heavy (non-hydrogen) atoms. The molecule has 1 aromatic carbocycles. The van der Waals surface area contributed by atoms with Crippen molar-refractivity contribution < 1.29 is 9.50 Å². The molecule has 0 bridgehead atoms. The molecule has 6 nitrogen and oxygen atoms in total. The number of aliphatic hydroxyl groups is 1. The fourth-order valence-corrected chi connectivity index (χ4v) is 3.38. The molecule has 7 heteroatoms. The fourth-order valence-electron chi connectivity index (χ4n) is 3.38. The maximum absolute atomic E-state index is 14.6. The lowest BCUT2D eigenvalue weighted by Gasteiger charge is -2.20. The van der Waals surface area contributed by atoms with E-state index in [1.807, 2.05) is 19.9 Å². The van der Waals surface area contributed by atoms with Crippen LogP contribution in [0.1, 0.15) is 45.0 Å². The quantitative estimate of drug-likeness (QED) is 0.420. The van der Waals surface area contributed by atoms with E-state index in [0.717, 1.165) is 37.3 Å². The first kappa shape index (κ1) is 22.9. The van der Waals surface area contributed by atoms with E-state index in [1.165, 1.54) is 6.07 Å². The molecule has 0 fully saturated rings. The van der Waals surface area contributed by atoms with Crippen molar-refractivity contribution in [2.75, 3.05) is 19.7 Å². The molecule has 3 N–H and O–H groups in total. The zero-order valence-electron chi connectivity index (χ0n) is 18.0. The van der Waals surface area contributed by atoms with Crippen LogP contribution in [0.15, 0.2) is 35.6 Å². The van der Waals surface area contributed by atoms with Crippen LogP contribution in [0.2, 0.25) is 0 Å². The lowest BCUT2D eigenvalue weighted by molar-refractivity contribution is 0.243. The summed E-state index contributed by atoms with van der Waals surface area (Å²) in [6, 6.07) is 5.17. The van der Waals surface area contributed by atoms with Crippen LogP contribution in [0, 0.1) is 24.6 Å². The fraction of sp³-hybridized carbons (Fsp3) is 0.545. The van der Waals surface area contributed by atoms with E-state index >= 15 is 0 Å². The number of aryl methyl sites for hydroxylation is 1. The minimum absolute atomic E-state index is 0.189. The second kappa shape index (κ2) is 11.6. The zero-order chi connectivity index (χ0) is 21.2. The van der Waals surface area contributed by atoms with Crippen LogP contribution in [0.4, 0.5) is 4.39 Å². The van der Waals surface area contributed by atoms with Crippen LogP contribution < -0.4 is 10.6 Å². The first-order valence-electron chi connectivity index (χ1n) is 10.4. The summed E-state index contributed by atoms with van der Waals surface area (Å²) in [7, 11) is 0. The molecule has 0 saturated heterocycles. The van der Waals surface area contributed by atoms with E-state index in [1.54, 1.807) is 23.0 Å². The van der Waals surface area contributed by atoms with Crippen molar-refractivity contribution in [1.29, 1.82) is 0 Å². The van der Waals surface area contributed by atoms with Crippen LogP contribution in [-0.2, 0) is 6.54 Å². The minimum atomic E-state index is -0.295. The van der Waals surface area contributed by atoms with Gasteiger partial charge in [-0.3, -0.25) is 0 Å². The predicted octanol–water partition coefficient (Wildman–Crippen LogP) is 3.42. The Morgan fingerprint density at radius 1 is 1.31 bits per heavy atom. The molecule has 2 aromatic rings. The molecule has 2 rings (SSSR count). The Morgan fingerprint density at radius 2 is 2.10 bits per heavy atom. The van der Waals surface area contributed by atoms with Crippen LogP contribution in [0.5, 0.6) is 0 Å². The largest absolute Gasteiger partial charge is 0.396 e. The maximum Gasteiger partial charge on any atom is 0.191 e. The summed E-state index contributed by atoms with van der Waals surface area (Å²) in [5, 5.41) is 15.9. The van der Waals surface area contributed by atoms with E-state index in [9.17, 15) is 9.50 Å². The van der Waals surface area contributed by atoms with Gasteiger partial charge in [0.2, 0.25) is 0 Å². The molecule has 0 aliphatic heterocycles. The average Bonchev–Trinajstić information content (AvgIpc) is 3.09. The third kappa shape index (κ3) is 7.16. The van der Waals surface area contributed by atoms with E-state index in [4.69, 9.17) is 0 Å². The lowest BCUT2D eigenvalue weighted by Crippen LogP contribution is -2.40. The van der Waals surface area contributed by atoms with Gasteiger partial charge in [-0.15, -0.1) is 0 Å². The maximum atomic E-state index is 14.6. The number of rotatable bonds is 10. The smallest absolute Gasteiger partial charge is 0.191 e. The Kier molecular flexibility index (Phi) is 9.12. The predicted molar refractivity (Wildman–Crippen MR) is 116 cm³/mol. The molecule has 0 aliphatic carbocycles. The van der Waals surface area contributed by atoms with Crippen molar-refractivity contribution in [1.82, 2.24) is 20.2 Å². The van der Waals surface area contributed by atoms with Crippen molar-refractivity contribution in [3.05, 3.63) is 47.8 Å². The average molecular weight is 404 g/mol. The monoisotopic (exact) mass is 403 g/mol. The Bertz CT molecular complexity index is 787. The highest BCUT2D eigenvalue weighted by Crippen LogP contribution is 2.17. The number of nitrogens with zero attached hydrogens (tertiary/aromatic N) is 3. The third-order valence-electron chi connectivity index (χ3n) is 4.76. The highest BCUT2D eigenvalue weighted by Gasteiger charge is 2.12. The Morgan fingerprint density at radius 3 is 2.69 bits per heavy atom. The van der Waals surface area contributed by atoms with Gasteiger partial charge >= 0.3 is 0 Å². The third-order valence-corrected chi connectivity index (χ3v) is 4.76. The van der Waals surface area contributed by atoms with Gasteiger partial charge in [-0.05, 0) is 56.2 Å². The number of imidazole rings is 1. The summed E-state index contributed by atoms with van der Waals surface area (Å²) in [6.07, 6.45) is 5.22. The lowest BCUT2D eigenvalue weighted by atomic mass is 9.94. The normalized spacial score (nSPS) is 13.0. The summed E-state index contributed by atoms with van der Waals surface area (Å²) < 4.78 is 16.3. The van der Waals surface area contributed by atoms with Crippen LogP contribution in [0.25, 0.3) is 5.69 Å². The van der Waals surface area contributed by atoms with Crippen molar-refractivity contribution in [3.63, 3.8) is 0 Å². The van der Waals surface area contributed by atoms with Gasteiger partial charge in [0.1, 0.15) is 11.6 Å². The van der Waals surface area contributed by atoms with Crippen molar-refractivity contribution in [2.24, 2.45) is 16.8 Å².